The van der Waals surface area contributed by atoms with E-state index in [1.807, 2.05) is 26.0 Å². The van der Waals surface area contributed by atoms with Gasteiger partial charge in [-0.25, -0.2) is 4.98 Å². The van der Waals surface area contributed by atoms with Gasteiger partial charge in [-0.05, 0) is 43.7 Å². The van der Waals surface area contributed by atoms with Crippen molar-refractivity contribution < 1.29 is 5.11 Å². The first-order chi connectivity index (χ1) is 13.3. The maximum absolute atomic E-state index is 13.3. The fourth-order valence-corrected chi connectivity index (χ4v) is 3.63. The maximum atomic E-state index is 13.3. The van der Waals surface area contributed by atoms with Gasteiger partial charge in [-0.15, -0.1) is 0 Å². The molecule has 0 saturated carbocycles. The highest BCUT2D eigenvalue weighted by atomic mass is 35.5. The number of aliphatic hydroxyl groups is 1. The van der Waals surface area contributed by atoms with Gasteiger partial charge in [-0.3, -0.25) is 14.3 Å². The molecule has 0 aliphatic carbocycles. The van der Waals surface area contributed by atoms with Crippen molar-refractivity contribution in [2.24, 2.45) is 0 Å². The number of benzene rings is 1. The summed E-state index contributed by atoms with van der Waals surface area (Å²) in [7, 11) is 0. The molecule has 3 heterocycles. The van der Waals surface area contributed by atoms with Crippen LogP contribution in [-0.4, -0.2) is 25.2 Å². The molecule has 0 bridgehead atoms. The second kappa shape index (κ2) is 7.04. The Morgan fingerprint density at radius 2 is 1.89 bits per heavy atom. The first-order valence-electron chi connectivity index (χ1n) is 9.10. The van der Waals surface area contributed by atoms with Gasteiger partial charge < -0.3 is 10.4 Å². The van der Waals surface area contributed by atoms with Crippen LogP contribution in [0.1, 0.15) is 31.1 Å². The lowest BCUT2D eigenvalue weighted by Gasteiger charge is -2.15. The molecule has 1 aromatic carbocycles. The van der Waals surface area contributed by atoms with Crippen molar-refractivity contribution in [1.29, 1.82) is 0 Å². The van der Waals surface area contributed by atoms with E-state index in [0.717, 1.165) is 5.56 Å². The van der Waals surface area contributed by atoms with E-state index in [2.05, 4.69) is 10.3 Å². The summed E-state index contributed by atoms with van der Waals surface area (Å²) in [5.74, 6) is 0.548. The Labute approximate surface area is 167 Å². The third-order valence-electron chi connectivity index (χ3n) is 4.87. The number of hydrogen-bond donors (Lipinski definition) is 2. The molecule has 0 fully saturated rings. The van der Waals surface area contributed by atoms with Crippen molar-refractivity contribution in [2.45, 2.75) is 38.5 Å². The van der Waals surface area contributed by atoms with Gasteiger partial charge in [-0.2, -0.15) is 0 Å². The minimum Gasteiger partial charge on any atom is -0.388 e. The molecule has 1 atom stereocenters. The normalized spacial score (nSPS) is 15.7. The molecule has 1 aliphatic rings. The smallest absolute Gasteiger partial charge is 0.258 e. The largest absolute Gasteiger partial charge is 0.388 e. The zero-order valence-electron chi connectivity index (χ0n) is 15.7. The topological polar surface area (TPSA) is 80.0 Å². The lowest BCUT2D eigenvalue weighted by Crippen LogP contribution is -2.30. The first kappa shape index (κ1) is 18.7. The predicted octanol–water partition coefficient (Wildman–Crippen LogP) is 3.44. The quantitative estimate of drug-likeness (QED) is 0.706. The summed E-state index contributed by atoms with van der Waals surface area (Å²) in [4.78, 5) is 22.1. The molecule has 0 radical (unpaired) electrons. The Bertz CT molecular complexity index is 1060. The molecule has 1 unspecified atom stereocenters. The van der Waals surface area contributed by atoms with E-state index in [1.54, 1.807) is 41.2 Å². The Hall–Kier alpha value is -2.70. The number of fused-ring (bicyclic) bond motifs is 1. The standard InChI is InChI=1S/C21H21ClN4O2/c1-21(2)12-26-19(28)16(11-17(27)13-3-5-15(22)6-4-13)18(24-20(26)25-21)14-7-9-23-10-8-14/h3-10,17,27H,11-12H2,1-2H3,(H,24,25). The number of anilines is 1. The van der Waals surface area contributed by atoms with Crippen molar-refractivity contribution in [3.05, 3.63) is 75.3 Å². The summed E-state index contributed by atoms with van der Waals surface area (Å²) in [5, 5.41) is 14.7. The maximum Gasteiger partial charge on any atom is 0.258 e. The number of rotatable bonds is 4. The SMILES string of the molecule is CC1(C)Cn2c(nc(-c3ccncc3)c(CC(O)c3ccc(Cl)cc3)c2=O)N1. The van der Waals surface area contributed by atoms with E-state index >= 15 is 0 Å². The number of aromatic nitrogens is 3. The van der Waals surface area contributed by atoms with Gasteiger partial charge >= 0.3 is 0 Å². The summed E-state index contributed by atoms with van der Waals surface area (Å²) >= 11 is 5.94. The van der Waals surface area contributed by atoms with Gasteiger partial charge in [0.2, 0.25) is 5.95 Å². The minimum absolute atomic E-state index is 0.136. The van der Waals surface area contributed by atoms with Crippen LogP contribution in [0.3, 0.4) is 0 Å². The van der Waals surface area contributed by atoms with Crippen molar-refractivity contribution in [3.63, 3.8) is 0 Å². The molecule has 0 saturated heterocycles. The van der Waals surface area contributed by atoms with Crippen LogP contribution in [0, 0.1) is 0 Å². The number of halogens is 1. The number of pyridine rings is 1. The summed E-state index contributed by atoms with van der Waals surface area (Å²) in [5.41, 5.74) is 2.15. The summed E-state index contributed by atoms with van der Waals surface area (Å²) in [6.45, 7) is 4.57. The van der Waals surface area contributed by atoms with Gasteiger partial charge in [0.05, 0.1) is 23.9 Å². The van der Waals surface area contributed by atoms with Crippen molar-refractivity contribution in [1.82, 2.24) is 14.5 Å². The minimum atomic E-state index is -0.839. The number of hydrogen-bond acceptors (Lipinski definition) is 5. The van der Waals surface area contributed by atoms with Crippen LogP contribution in [0.25, 0.3) is 11.3 Å². The van der Waals surface area contributed by atoms with Crippen LogP contribution in [0.15, 0.2) is 53.6 Å². The third-order valence-corrected chi connectivity index (χ3v) is 5.12. The van der Waals surface area contributed by atoms with E-state index in [-0.39, 0.29) is 17.5 Å². The van der Waals surface area contributed by atoms with Gasteiger partial charge in [0.15, 0.2) is 0 Å². The van der Waals surface area contributed by atoms with Crippen molar-refractivity contribution in [2.75, 3.05) is 5.32 Å². The lowest BCUT2D eigenvalue weighted by atomic mass is 9.98. The molecule has 0 spiro atoms. The van der Waals surface area contributed by atoms with Crippen molar-refractivity contribution >= 4 is 17.5 Å². The fourth-order valence-electron chi connectivity index (χ4n) is 3.50. The number of aliphatic hydroxyl groups excluding tert-OH is 1. The molecular formula is C21H21ClN4O2. The Kier molecular flexibility index (Phi) is 4.69. The van der Waals surface area contributed by atoms with Crippen LogP contribution in [0.2, 0.25) is 5.02 Å². The molecule has 3 aromatic rings. The molecule has 4 rings (SSSR count). The molecule has 28 heavy (non-hydrogen) atoms. The summed E-state index contributed by atoms with van der Waals surface area (Å²) in [6, 6.07) is 10.6. The van der Waals surface area contributed by atoms with Crippen LogP contribution in [-0.2, 0) is 13.0 Å². The summed E-state index contributed by atoms with van der Waals surface area (Å²) in [6.07, 6.45) is 2.65. The number of nitrogens with zero attached hydrogens (tertiary/aromatic N) is 3. The molecule has 1 aliphatic heterocycles. The van der Waals surface area contributed by atoms with E-state index in [1.165, 1.54) is 0 Å². The van der Waals surface area contributed by atoms with Crippen LogP contribution < -0.4 is 10.9 Å². The molecule has 2 aromatic heterocycles. The summed E-state index contributed by atoms with van der Waals surface area (Å²) < 4.78 is 1.65. The third kappa shape index (κ3) is 3.53. The van der Waals surface area contributed by atoms with Crippen LogP contribution in [0.5, 0.6) is 0 Å². The Morgan fingerprint density at radius 1 is 1.21 bits per heavy atom. The van der Waals surface area contributed by atoms with Gasteiger partial charge in [0, 0.05) is 35.0 Å². The Balaban J connectivity index is 1.81. The molecule has 7 heteroatoms. The Morgan fingerprint density at radius 3 is 2.57 bits per heavy atom. The van der Waals surface area contributed by atoms with Crippen molar-refractivity contribution in [3.8, 4) is 11.3 Å². The molecule has 144 valence electrons. The average Bonchev–Trinajstić information content (AvgIpc) is 2.99. The number of nitrogens with one attached hydrogen (secondary N) is 1. The van der Waals surface area contributed by atoms with Gasteiger partial charge in [0.25, 0.3) is 5.56 Å². The second-order valence-electron chi connectivity index (χ2n) is 7.67. The monoisotopic (exact) mass is 396 g/mol. The van der Waals surface area contributed by atoms with Crippen LogP contribution in [0.4, 0.5) is 5.95 Å². The van der Waals surface area contributed by atoms with E-state index < -0.39 is 6.10 Å². The molecule has 0 amide bonds. The van der Waals surface area contributed by atoms with E-state index in [9.17, 15) is 9.90 Å². The molecule has 6 nitrogen and oxygen atoms in total. The highest BCUT2D eigenvalue weighted by Gasteiger charge is 2.32. The predicted molar refractivity (Wildman–Crippen MR) is 110 cm³/mol. The van der Waals surface area contributed by atoms with Crippen LogP contribution >= 0.6 is 11.6 Å². The first-order valence-corrected chi connectivity index (χ1v) is 9.48. The van der Waals surface area contributed by atoms with E-state index in [4.69, 9.17) is 16.6 Å². The second-order valence-corrected chi connectivity index (χ2v) is 8.11. The highest BCUT2D eigenvalue weighted by Crippen LogP contribution is 2.29. The molecule has 2 N–H and O–H groups in total. The van der Waals surface area contributed by atoms with E-state index in [0.29, 0.717) is 34.3 Å². The molecular weight excluding hydrogens is 376 g/mol. The van der Waals surface area contributed by atoms with Gasteiger partial charge in [0.1, 0.15) is 0 Å². The lowest BCUT2D eigenvalue weighted by molar-refractivity contribution is 0.178. The zero-order valence-corrected chi connectivity index (χ0v) is 16.4. The average molecular weight is 397 g/mol. The zero-order chi connectivity index (χ0) is 19.9. The fraction of sp³-hybridized carbons (Fsp3) is 0.286. The highest BCUT2D eigenvalue weighted by molar-refractivity contribution is 6.30. The van der Waals surface area contributed by atoms with Gasteiger partial charge in [-0.1, -0.05) is 23.7 Å².